The zero-order valence-corrected chi connectivity index (χ0v) is 12.4. The summed E-state index contributed by atoms with van der Waals surface area (Å²) in [5.74, 6) is 6.50. The molecule has 1 aromatic rings. The third-order valence-corrected chi connectivity index (χ3v) is 3.32. The first-order valence-corrected chi connectivity index (χ1v) is 6.52. The molecule has 1 heterocycles. The Morgan fingerprint density at radius 2 is 2.32 bits per heavy atom. The van der Waals surface area contributed by atoms with Crippen molar-refractivity contribution in [3.05, 3.63) is 34.7 Å². The van der Waals surface area contributed by atoms with Crippen molar-refractivity contribution in [1.29, 1.82) is 0 Å². The van der Waals surface area contributed by atoms with Gasteiger partial charge in [0.25, 0.3) is 0 Å². The molecule has 1 rings (SSSR count). The van der Waals surface area contributed by atoms with Crippen molar-refractivity contribution in [2.45, 2.75) is 13.8 Å². The molecule has 0 radical (unpaired) electrons. The number of nitrogens with one attached hydrogen (secondary N) is 1. The van der Waals surface area contributed by atoms with Crippen LogP contribution in [0.2, 0.25) is 0 Å². The van der Waals surface area contributed by atoms with E-state index >= 15 is 0 Å². The number of methoxy groups -OCH3 is 1. The zero-order valence-electron chi connectivity index (χ0n) is 11.6. The van der Waals surface area contributed by atoms with E-state index in [0.29, 0.717) is 5.88 Å². The highest BCUT2D eigenvalue weighted by molar-refractivity contribution is 7.16. The molecule has 1 N–H and O–H groups in total. The van der Waals surface area contributed by atoms with Crippen molar-refractivity contribution < 1.29 is 4.74 Å². The number of nitrogens with zero attached hydrogens (tertiary/aromatic N) is 2. The fourth-order valence-electron chi connectivity index (χ4n) is 1.12. The fourth-order valence-corrected chi connectivity index (χ4v) is 1.89. The van der Waals surface area contributed by atoms with E-state index in [-0.39, 0.29) is 0 Å². The summed E-state index contributed by atoms with van der Waals surface area (Å²) in [5, 5.41) is 3.87. The van der Waals surface area contributed by atoms with Gasteiger partial charge in [-0.25, -0.2) is 9.98 Å². The normalized spacial score (nSPS) is 11.1. The van der Waals surface area contributed by atoms with Gasteiger partial charge in [-0.15, -0.1) is 0 Å². The average molecular weight is 275 g/mol. The molecule has 0 saturated heterocycles. The molecule has 0 spiro atoms. The van der Waals surface area contributed by atoms with Crippen molar-refractivity contribution in [2.24, 2.45) is 4.99 Å². The second-order valence-corrected chi connectivity index (χ2v) is 4.53. The molecule has 100 valence electrons. The summed E-state index contributed by atoms with van der Waals surface area (Å²) in [6, 6.07) is 0. The minimum absolute atomic E-state index is 0.354. The second kappa shape index (κ2) is 7.39. The molecule has 0 atom stereocenters. The highest BCUT2D eigenvalue weighted by atomic mass is 32.1. The van der Waals surface area contributed by atoms with Crippen LogP contribution in [-0.4, -0.2) is 25.4 Å². The molecule has 5 heteroatoms. The van der Waals surface area contributed by atoms with E-state index in [4.69, 9.17) is 4.74 Å². The molecule has 0 aromatic carbocycles. The first-order chi connectivity index (χ1) is 9.10. The van der Waals surface area contributed by atoms with Crippen LogP contribution in [0.5, 0.6) is 0 Å². The van der Waals surface area contributed by atoms with E-state index in [1.54, 1.807) is 6.21 Å². The highest BCUT2D eigenvalue weighted by Crippen LogP contribution is 2.20. The maximum Gasteiger partial charge on any atom is 0.205 e. The molecule has 19 heavy (non-hydrogen) atoms. The quantitative estimate of drug-likeness (QED) is 0.522. The molecule has 0 aliphatic carbocycles. The summed E-state index contributed by atoms with van der Waals surface area (Å²) < 4.78 is 4.86. The summed E-state index contributed by atoms with van der Waals surface area (Å²) >= 11 is 1.53. The van der Waals surface area contributed by atoms with Gasteiger partial charge in [-0.1, -0.05) is 23.3 Å². The minimum Gasteiger partial charge on any atom is -0.481 e. The Hall–Kier alpha value is -2.06. The van der Waals surface area contributed by atoms with Crippen molar-refractivity contribution in [2.75, 3.05) is 19.5 Å². The summed E-state index contributed by atoms with van der Waals surface area (Å²) in [6.07, 6.45) is 3.52. The predicted molar refractivity (Wildman–Crippen MR) is 81.7 cm³/mol. The summed E-state index contributed by atoms with van der Waals surface area (Å²) in [5.41, 5.74) is 1.73. The van der Waals surface area contributed by atoms with Crippen molar-refractivity contribution >= 4 is 22.7 Å². The van der Waals surface area contributed by atoms with E-state index < -0.39 is 0 Å². The molecule has 0 fully saturated rings. The summed E-state index contributed by atoms with van der Waals surface area (Å²) in [4.78, 5) is 9.32. The second-order valence-electron chi connectivity index (χ2n) is 3.53. The first kappa shape index (κ1) is 15.0. The van der Waals surface area contributed by atoms with E-state index in [1.165, 1.54) is 18.4 Å². The summed E-state index contributed by atoms with van der Waals surface area (Å²) in [7, 11) is 3.37. The van der Waals surface area contributed by atoms with E-state index in [2.05, 4.69) is 33.7 Å². The largest absolute Gasteiger partial charge is 0.481 e. The SMILES string of the molecule is C=C(/N=C\C(C#Cc1sc(NC)nc1C)=CC)OC. The number of ether oxygens (including phenoxy) is 1. The number of aromatic nitrogens is 1. The Balaban J connectivity index is 2.88. The van der Waals surface area contributed by atoms with Crippen LogP contribution in [0.4, 0.5) is 5.13 Å². The maximum absolute atomic E-state index is 4.86. The van der Waals surface area contributed by atoms with Crippen LogP contribution in [-0.2, 0) is 4.74 Å². The number of rotatable bonds is 4. The zero-order chi connectivity index (χ0) is 14.3. The lowest BCUT2D eigenvalue weighted by Crippen LogP contribution is -1.85. The molecule has 0 bridgehead atoms. The van der Waals surface area contributed by atoms with E-state index in [9.17, 15) is 0 Å². The third kappa shape index (κ3) is 4.60. The van der Waals surface area contributed by atoms with Gasteiger partial charge < -0.3 is 10.1 Å². The van der Waals surface area contributed by atoms with Gasteiger partial charge in [0.1, 0.15) is 4.88 Å². The van der Waals surface area contributed by atoms with Crippen LogP contribution in [0.3, 0.4) is 0 Å². The average Bonchev–Trinajstić information content (AvgIpc) is 2.79. The lowest BCUT2D eigenvalue weighted by atomic mass is 10.2. The van der Waals surface area contributed by atoms with Crippen LogP contribution < -0.4 is 5.32 Å². The van der Waals surface area contributed by atoms with E-state index in [0.717, 1.165) is 21.3 Å². The van der Waals surface area contributed by atoms with Crippen LogP contribution in [0.1, 0.15) is 17.5 Å². The molecule has 0 amide bonds. The molecular formula is C14H17N3OS. The number of aliphatic imine (C=N–C) groups is 1. The van der Waals surface area contributed by atoms with Crippen molar-refractivity contribution in [1.82, 2.24) is 4.98 Å². The molecule has 0 aliphatic heterocycles. The van der Waals surface area contributed by atoms with E-state index in [1.807, 2.05) is 27.0 Å². The fraction of sp³-hybridized carbons (Fsp3) is 0.286. The number of hydrogen-bond acceptors (Lipinski definition) is 5. The lowest BCUT2D eigenvalue weighted by Gasteiger charge is -1.94. The van der Waals surface area contributed by atoms with Gasteiger partial charge >= 0.3 is 0 Å². The number of anilines is 1. The third-order valence-electron chi connectivity index (χ3n) is 2.23. The predicted octanol–water partition coefficient (Wildman–Crippen LogP) is 2.98. The number of thiazole rings is 1. The van der Waals surface area contributed by atoms with Gasteiger partial charge in [0, 0.05) is 18.8 Å². The lowest BCUT2D eigenvalue weighted by molar-refractivity contribution is 0.291. The van der Waals surface area contributed by atoms with Gasteiger partial charge in [0.15, 0.2) is 5.13 Å². The monoisotopic (exact) mass is 275 g/mol. The van der Waals surface area contributed by atoms with Gasteiger partial charge in [-0.05, 0) is 26.3 Å². The molecule has 1 aromatic heterocycles. The standard InChI is InChI=1S/C14H17N3OS/c1-6-12(9-16-11(3)18-5)7-8-13-10(2)17-14(15-4)19-13/h6,9H,3H2,1-2,4-5H3,(H,15,17)/b12-6?,16-9-. The molecule has 0 unspecified atom stereocenters. The van der Waals surface area contributed by atoms with Gasteiger partial charge in [0.2, 0.25) is 5.88 Å². The van der Waals surface area contributed by atoms with Crippen molar-refractivity contribution in [3.63, 3.8) is 0 Å². The Morgan fingerprint density at radius 1 is 1.58 bits per heavy atom. The van der Waals surface area contributed by atoms with Gasteiger partial charge in [-0.2, -0.15) is 0 Å². The number of allylic oxidation sites excluding steroid dienone is 2. The number of aryl methyl sites for hydroxylation is 1. The van der Waals surface area contributed by atoms with Gasteiger partial charge in [-0.3, -0.25) is 0 Å². The molecular weight excluding hydrogens is 258 g/mol. The van der Waals surface area contributed by atoms with Crippen LogP contribution in [0, 0.1) is 18.8 Å². The van der Waals surface area contributed by atoms with Crippen LogP contribution in [0.25, 0.3) is 0 Å². The van der Waals surface area contributed by atoms with Crippen LogP contribution in [0.15, 0.2) is 29.1 Å². The maximum atomic E-state index is 4.86. The Labute approximate surface area is 117 Å². The molecule has 0 saturated carbocycles. The summed E-state index contributed by atoms with van der Waals surface area (Å²) in [6.45, 7) is 7.46. The Morgan fingerprint density at radius 3 is 2.84 bits per heavy atom. The Bertz CT molecular complexity index is 573. The Kier molecular flexibility index (Phi) is 5.83. The minimum atomic E-state index is 0.354. The van der Waals surface area contributed by atoms with Gasteiger partial charge in [0.05, 0.1) is 12.8 Å². The highest BCUT2D eigenvalue weighted by Gasteiger charge is 2.02. The topological polar surface area (TPSA) is 46.5 Å². The van der Waals surface area contributed by atoms with Crippen molar-refractivity contribution in [3.8, 4) is 11.8 Å². The smallest absolute Gasteiger partial charge is 0.205 e. The first-order valence-electron chi connectivity index (χ1n) is 5.71. The molecule has 0 aliphatic rings. The van der Waals surface area contributed by atoms with Crippen LogP contribution >= 0.6 is 11.3 Å². The molecule has 4 nitrogen and oxygen atoms in total. The number of hydrogen-bond donors (Lipinski definition) is 1.